The summed E-state index contributed by atoms with van der Waals surface area (Å²) in [6, 6.07) is 0. The third-order valence-corrected chi connectivity index (χ3v) is 12.8. The van der Waals surface area contributed by atoms with Crippen molar-refractivity contribution in [2.24, 2.45) is 50.2 Å². The maximum Gasteiger partial charge on any atom is 0.311 e. The lowest BCUT2D eigenvalue weighted by Crippen LogP contribution is -2.65. The van der Waals surface area contributed by atoms with Gasteiger partial charge in [0, 0.05) is 16.7 Å². The van der Waals surface area contributed by atoms with Crippen molar-refractivity contribution >= 4 is 17.5 Å². The van der Waals surface area contributed by atoms with Gasteiger partial charge in [-0.05, 0) is 92.1 Å². The van der Waals surface area contributed by atoms with Crippen LogP contribution in [0, 0.1) is 50.2 Å². The van der Waals surface area contributed by atoms with Crippen molar-refractivity contribution in [3.63, 3.8) is 0 Å². The fraction of sp³-hybridized carbons (Fsp3) is 0.781. The first-order chi connectivity index (χ1) is 17.0. The number of rotatable bonds is 2. The Morgan fingerprint density at radius 1 is 0.919 bits per heavy atom. The quantitative estimate of drug-likeness (QED) is 0.399. The predicted octanol–water partition coefficient (Wildman–Crippen LogP) is 6.46. The molecule has 0 saturated heterocycles. The van der Waals surface area contributed by atoms with Gasteiger partial charge in [0.25, 0.3) is 0 Å². The molecule has 5 aliphatic carbocycles. The van der Waals surface area contributed by atoms with Crippen LogP contribution < -0.4 is 0 Å². The van der Waals surface area contributed by atoms with Crippen LogP contribution in [0.2, 0.25) is 0 Å². The van der Waals surface area contributed by atoms with E-state index < -0.39 is 16.2 Å². The lowest BCUT2D eigenvalue weighted by atomic mass is 9.34. The molecule has 0 aromatic heterocycles. The molecule has 0 bridgehead atoms. The largest absolute Gasteiger partial charge is 0.493 e. The molecule has 3 fully saturated rings. The van der Waals surface area contributed by atoms with Crippen LogP contribution in [0.3, 0.4) is 0 Å². The normalized spacial score (nSPS) is 48.4. The molecule has 37 heavy (non-hydrogen) atoms. The number of ketones is 2. The van der Waals surface area contributed by atoms with Gasteiger partial charge in [-0.1, -0.05) is 47.1 Å². The van der Waals surface area contributed by atoms with E-state index in [9.17, 15) is 14.4 Å². The molecule has 0 aliphatic heterocycles. The van der Waals surface area contributed by atoms with Crippen molar-refractivity contribution in [3.05, 3.63) is 23.5 Å². The Labute approximate surface area is 222 Å². The molecule has 5 nitrogen and oxygen atoms in total. The summed E-state index contributed by atoms with van der Waals surface area (Å²) in [4.78, 5) is 40.5. The summed E-state index contributed by atoms with van der Waals surface area (Å²) < 4.78 is 10.9. The molecule has 5 rings (SSSR count). The number of carbonyl (C=O) groups excluding carboxylic acids is 3. The number of hydrogen-bond donors (Lipinski definition) is 0. The highest BCUT2D eigenvalue weighted by Crippen LogP contribution is 2.74. The predicted molar refractivity (Wildman–Crippen MR) is 142 cm³/mol. The molecule has 5 aliphatic rings. The smallest absolute Gasteiger partial charge is 0.311 e. The van der Waals surface area contributed by atoms with Gasteiger partial charge < -0.3 is 9.47 Å². The highest BCUT2D eigenvalue weighted by molar-refractivity contribution is 6.01. The summed E-state index contributed by atoms with van der Waals surface area (Å²) in [6.45, 7) is 15.4. The third-order valence-electron chi connectivity index (χ3n) is 12.8. The molecular formula is C32H46O5. The summed E-state index contributed by atoms with van der Waals surface area (Å²) in [5.74, 6) is 0.554. The molecule has 3 saturated carbocycles. The average Bonchev–Trinajstić information content (AvgIpc) is 2.83. The highest BCUT2D eigenvalue weighted by atomic mass is 16.5. The zero-order valence-electron chi connectivity index (χ0n) is 24.4. The Morgan fingerprint density at radius 3 is 2.19 bits per heavy atom. The maximum absolute atomic E-state index is 14.4. The second kappa shape index (κ2) is 7.82. The molecule has 0 radical (unpaired) electrons. The van der Waals surface area contributed by atoms with E-state index in [0.717, 1.165) is 44.9 Å². The lowest BCUT2D eigenvalue weighted by molar-refractivity contribution is -0.174. The summed E-state index contributed by atoms with van der Waals surface area (Å²) in [5.41, 5.74) is -0.609. The van der Waals surface area contributed by atoms with Crippen molar-refractivity contribution in [1.82, 2.24) is 0 Å². The van der Waals surface area contributed by atoms with E-state index in [4.69, 9.17) is 9.47 Å². The number of hydrogen-bond acceptors (Lipinski definition) is 5. The van der Waals surface area contributed by atoms with E-state index in [-0.39, 0.29) is 51.5 Å². The first-order valence-corrected chi connectivity index (χ1v) is 14.2. The molecule has 0 N–H and O–H groups in total. The highest BCUT2D eigenvalue weighted by Gasteiger charge is 2.70. The van der Waals surface area contributed by atoms with Crippen molar-refractivity contribution in [2.45, 2.75) is 93.4 Å². The number of allylic oxidation sites excluding steroid dienone is 4. The molecule has 0 aromatic carbocycles. The lowest BCUT2D eigenvalue weighted by Gasteiger charge is -2.69. The minimum atomic E-state index is -0.585. The molecule has 0 heterocycles. The fourth-order valence-electron chi connectivity index (χ4n) is 10.2. The van der Waals surface area contributed by atoms with Crippen LogP contribution in [0.5, 0.6) is 0 Å². The van der Waals surface area contributed by atoms with Gasteiger partial charge in [0.2, 0.25) is 5.78 Å². The Hall–Kier alpha value is -1.91. The molecular weight excluding hydrogens is 464 g/mol. The van der Waals surface area contributed by atoms with Gasteiger partial charge in [-0.25, -0.2) is 0 Å². The number of carbonyl (C=O) groups is 3. The first kappa shape index (κ1) is 26.7. The van der Waals surface area contributed by atoms with Gasteiger partial charge >= 0.3 is 5.97 Å². The average molecular weight is 511 g/mol. The number of Topliss-reactive ketones (excluding diaryl/α,β-unsaturated/α-hetero) is 1. The van der Waals surface area contributed by atoms with Crippen molar-refractivity contribution in [1.29, 1.82) is 0 Å². The molecule has 0 spiro atoms. The van der Waals surface area contributed by atoms with Crippen molar-refractivity contribution in [3.8, 4) is 0 Å². The molecule has 0 amide bonds. The zero-order chi connectivity index (χ0) is 27.4. The van der Waals surface area contributed by atoms with Crippen LogP contribution in [0.25, 0.3) is 0 Å². The Bertz CT molecular complexity index is 1130. The Kier molecular flexibility index (Phi) is 5.64. The van der Waals surface area contributed by atoms with Crippen molar-refractivity contribution < 1.29 is 23.9 Å². The van der Waals surface area contributed by atoms with Crippen LogP contribution in [0.4, 0.5) is 0 Å². The summed E-state index contributed by atoms with van der Waals surface area (Å²) >= 11 is 0. The molecule has 8 atom stereocenters. The number of esters is 1. The van der Waals surface area contributed by atoms with E-state index in [2.05, 4.69) is 27.7 Å². The molecule has 204 valence electrons. The van der Waals surface area contributed by atoms with Gasteiger partial charge in [0.15, 0.2) is 11.5 Å². The van der Waals surface area contributed by atoms with Crippen molar-refractivity contribution in [2.75, 3.05) is 14.2 Å². The minimum absolute atomic E-state index is 0.0458. The van der Waals surface area contributed by atoms with Gasteiger partial charge in [-0.15, -0.1) is 0 Å². The number of ether oxygens (including phenoxy) is 2. The first-order valence-electron chi connectivity index (χ1n) is 14.2. The van der Waals surface area contributed by atoms with Crippen LogP contribution in [-0.4, -0.2) is 31.8 Å². The third kappa shape index (κ3) is 3.18. The van der Waals surface area contributed by atoms with Gasteiger partial charge in [-0.2, -0.15) is 0 Å². The van der Waals surface area contributed by atoms with E-state index in [1.165, 1.54) is 12.7 Å². The second-order valence-electron chi connectivity index (χ2n) is 14.9. The summed E-state index contributed by atoms with van der Waals surface area (Å²) in [7, 11) is 3.05. The van der Waals surface area contributed by atoms with E-state index in [0.29, 0.717) is 5.76 Å². The zero-order valence-corrected chi connectivity index (χ0v) is 24.4. The second-order valence-corrected chi connectivity index (χ2v) is 14.9. The monoisotopic (exact) mass is 510 g/mol. The topological polar surface area (TPSA) is 69.7 Å². The van der Waals surface area contributed by atoms with Gasteiger partial charge in [0.05, 0.1) is 19.6 Å². The van der Waals surface area contributed by atoms with Gasteiger partial charge in [0.1, 0.15) is 0 Å². The van der Waals surface area contributed by atoms with Crippen LogP contribution >= 0.6 is 0 Å². The standard InChI is InChI=1S/C32H46O5/c1-27(2)23-10-11-32(7)24(30(23,5)18-22(36-8)25(27)34)21(33)16-19-20-17-29(4,26(35)37-9)13-12-28(20,3)14-15-31(19,32)6/h16,18,20,23-24H,10-15,17H2,1-9H3/t20-,23-,24+,28+,29-,30-,31+,32+/m0/s1. The summed E-state index contributed by atoms with van der Waals surface area (Å²) in [6.07, 6.45) is 10.5. The molecule has 0 aromatic rings. The fourth-order valence-corrected chi connectivity index (χ4v) is 10.2. The SMILES string of the molecule is COC(=O)[C@@]1(C)CC[C@]2(C)CC[C@]3(C)C(=CC(=O)[C@@H]4[C@@]5(C)C=C(OC)C(=O)C(C)(C)[C@@H]5CC[C@]43C)[C@@H]2C1. The van der Waals surface area contributed by atoms with Crippen LogP contribution in [0.15, 0.2) is 23.5 Å². The Balaban J connectivity index is 1.66. The number of methoxy groups -OCH3 is 2. The van der Waals surface area contributed by atoms with Gasteiger partial charge in [-0.3, -0.25) is 14.4 Å². The van der Waals surface area contributed by atoms with Crippen LogP contribution in [0.1, 0.15) is 93.4 Å². The summed E-state index contributed by atoms with van der Waals surface area (Å²) in [5, 5.41) is 0. The molecule has 5 heteroatoms. The van der Waals surface area contributed by atoms with E-state index >= 15 is 0 Å². The number of fused-ring (bicyclic) bond motifs is 7. The molecule has 0 unspecified atom stereocenters. The Morgan fingerprint density at radius 2 is 1.57 bits per heavy atom. The minimum Gasteiger partial charge on any atom is -0.493 e. The van der Waals surface area contributed by atoms with E-state index in [1.54, 1.807) is 7.11 Å². The van der Waals surface area contributed by atoms with E-state index in [1.807, 2.05) is 32.9 Å². The van der Waals surface area contributed by atoms with Crippen LogP contribution in [-0.2, 0) is 23.9 Å². The maximum atomic E-state index is 14.4.